The predicted molar refractivity (Wildman–Crippen MR) is 82.7 cm³/mol. The molecule has 1 unspecified atom stereocenters. The second-order valence-corrected chi connectivity index (χ2v) is 5.57. The van der Waals surface area contributed by atoms with E-state index in [1.165, 1.54) is 0 Å². The first-order valence-electron chi connectivity index (χ1n) is 7.04. The highest BCUT2D eigenvalue weighted by atomic mass is 35.5. The van der Waals surface area contributed by atoms with Gasteiger partial charge in [0, 0.05) is 0 Å². The van der Waals surface area contributed by atoms with Gasteiger partial charge in [0.25, 0.3) is 0 Å². The van der Waals surface area contributed by atoms with Gasteiger partial charge in [0.15, 0.2) is 0 Å². The van der Waals surface area contributed by atoms with E-state index in [4.69, 9.17) is 10.5 Å². The lowest BCUT2D eigenvalue weighted by Gasteiger charge is -2.22. The van der Waals surface area contributed by atoms with Crippen LogP contribution in [0.15, 0.2) is 0 Å². The normalized spacial score (nSPS) is 13.6. The summed E-state index contributed by atoms with van der Waals surface area (Å²) in [5.41, 5.74) is 5.74. The highest BCUT2D eigenvalue weighted by Crippen LogP contribution is 2.08. The van der Waals surface area contributed by atoms with Crippen molar-refractivity contribution >= 4 is 24.3 Å². The van der Waals surface area contributed by atoms with Crippen LogP contribution in [0.5, 0.6) is 0 Å². The highest BCUT2D eigenvalue weighted by Gasteiger charge is 2.26. The van der Waals surface area contributed by atoms with Crippen LogP contribution in [0.1, 0.15) is 53.9 Å². The minimum absolute atomic E-state index is 0. The molecule has 5 nitrogen and oxygen atoms in total. The first kappa shape index (κ1) is 21.5. The molecule has 3 N–H and O–H groups in total. The Morgan fingerprint density at radius 3 is 2.15 bits per heavy atom. The van der Waals surface area contributed by atoms with Crippen molar-refractivity contribution in [1.82, 2.24) is 5.32 Å². The number of carbonyl (C=O) groups is 2. The van der Waals surface area contributed by atoms with E-state index in [0.29, 0.717) is 12.8 Å². The highest BCUT2D eigenvalue weighted by molar-refractivity contribution is 5.87. The Hall–Kier alpha value is -0.810. The summed E-state index contributed by atoms with van der Waals surface area (Å²) in [5, 5.41) is 2.70. The van der Waals surface area contributed by atoms with Gasteiger partial charge in [-0.1, -0.05) is 27.2 Å². The van der Waals surface area contributed by atoms with E-state index in [-0.39, 0.29) is 36.3 Å². The second kappa shape index (κ2) is 10.9. The molecule has 0 saturated heterocycles. The number of hydrogen-bond donors (Lipinski definition) is 2. The van der Waals surface area contributed by atoms with Crippen molar-refractivity contribution in [3.63, 3.8) is 0 Å². The van der Waals surface area contributed by atoms with Crippen LogP contribution < -0.4 is 11.1 Å². The molecule has 1 amide bonds. The average Bonchev–Trinajstić information content (AvgIpc) is 2.26. The summed E-state index contributed by atoms with van der Waals surface area (Å²) in [6.45, 7) is 9.53. The van der Waals surface area contributed by atoms with Gasteiger partial charge in [-0.25, -0.2) is 4.79 Å². The summed E-state index contributed by atoms with van der Waals surface area (Å²) in [7, 11) is 0. The molecule has 120 valence electrons. The van der Waals surface area contributed by atoms with Crippen LogP contribution in [0.25, 0.3) is 0 Å². The van der Waals surface area contributed by atoms with Gasteiger partial charge < -0.3 is 15.8 Å². The number of halogens is 1. The van der Waals surface area contributed by atoms with Gasteiger partial charge >= 0.3 is 5.97 Å². The largest absolute Gasteiger partial charge is 0.461 e. The predicted octanol–water partition coefficient (Wildman–Crippen LogP) is 2.02. The Balaban J connectivity index is 0. The Morgan fingerprint density at radius 2 is 1.75 bits per heavy atom. The van der Waals surface area contributed by atoms with Crippen LogP contribution in [0.2, 0.25) is 0 Å². The summed E-state index contributed by atoms with van der Waals surface area (Å²) >= 11 is 0. The van der Waals surface area contributed by atoms with Crippen LogP contribution in [-0.4, -0.2) is 30.1 Å². The maximum atomic E-state index is 11.9. The number of nitrogens with two attached hydrogens (primary N) is 1. The molecule has 0 aromatic rings. The van der Waals surface area contributed by atoms with E-state index >= 15 is 0 Å². The summed E-state index contributed by atoms with van der Waals surface area (Å²) in [5.74, 6) is -0.388. The number of nitrogens with one attached hydrogen (secondary N) is 1. The molecule has 0 heterocycles. The number of amides is 1. The molecule has 0 aliphatic rings. The first-order chi connectivity index (χ1) is 8.77. The SMILES string of the molecule is CCCC(N)C(=O)N[C@@H](CC(C)C)C(=O)OC(C)C.Cl. The lowest BCUT2D eigenvalue weighted by molar-refractivity contribution is -0.152. The Morgan fingerprint density at radius 1 is 1.20 bits per heavy atom. The quantitative estimate of drug-likeness (QED) is 0.672. The van der Waals surface area contributed by atoms with Gasteiger partial charge in [-0.15, -0.1) is 12.4 Å². The molecule has 6 heteroatoms. The molecule has 0 aromatic carbocycles. The molecule has 0 aromatic heterocycles. The third kappa shape index (κ3) is 9.15. The fourth-order valence-electron chi connectivity index (χ4n) is 1.72. The molecule has 0 rings (SSSR count). The molecule has 0 radical (unpaired) electrons. The Labute approximate surface area is 128 Å². The van der Waals surface area contributed by atoms with Crippen molar-refractivity contribution in [1.29, 1.82) is 0 Å². The minimum Gasteiger partial charge on any atom is -0.461 e. The van der Waals surface area contributed by atoms with Gasteiger partial charge in [0.1, 0.15) is 6.04 Å². The van der Waals surface area contributed by atoms with E-state index < -0.39 is 12.1 Å². The topological polar surface area (TPSA) is 81.4 Å². The molecule has 0 aliphatic carbocycles. The molecule has 0 bridgehead atoms. The van der Waals surface area contributed by atoms with Crippen LogP contribution in [0, 0.1) is 5.92 Å². The molecule has 0 spiro atoms. The third-order valence-corrected chi connectivity index (χ3v) is 2.60. The summed E-state index contributed by atoms with van der Waals surface area (Å²) in [6.07, 6.45) is 1.80. The number of rotatable bonds is 8. The van der Waals surface area contributed by atoms with Crippen LogP contribution in [-0.2, 0) is 14.3 Å². The van der Waals surface area contributed by atoms with Crippen molar-refractivity contribution in [2.75, 3.05) is 0 Å². The Bertz CT molecular complexity index is 296. The summed E-state index contributed by atoms with van der Waals surface area (Å²) in [6, 6.07) is -1.18. The Kier molecular flexibility index (Phi) is 11.7. The lowest BCUT2D eigenvalue weighted by Crippen LogP contribution is -2.49. The molecule has 0 saturated carbocycles. The van der Waals surface area contributed by atoms with Crippen LogP contribution in [0.4, 0.5) is 0 Å². The monoisotopic (exact) mass is 308 g/mol. The van der Waals surface area contributed by atoms with Crippen molar-refractivity contribution in [3.05, 3.63) is 0 Å². The maximum Gasteiger partial charge on any atom is 0.328 e. The van der Waals surface area contributed by atoms with Gasteiger partial charge in [0.05, 0.1) is 12.1 Å². The van der Waals surface area contributed by atoms with E-state index in [0.717, 1.165) is 6.42 Å². The van der Waals surface area contributed by atoms with Crippen molar-refractivity contribution in [2.45, 2.75) is 72.1 Å². The van der Waals surface area contributed by atoms with Crippen LogP contribution in [0.3, 0.4) is 0 Å². The molecule has 2 atom stereocenters. The smallest absolute Gasteiger partial charge is 0.328 e. The molecule has 0 fully saturated rings. The van der Waals surface area contributed by atoms with Gasteiger partial charge in [-0.05, 0) is 32.6 Å². The molecule has 0 aliphatic heterocycles. The van der Waals surface area contributed by atoms with E-state index in [2.05, 4.69) is 5.32 Å². The number of carbonyl (C=O) groups excluding carboxylic acids is 2. The van der Waals surface area contributed by atoms with E-state index in [1.807, 2.05) is 20.8 Å². The van der Waals surface area contributed by atoms with Crippen molar-refractivity contribution < 1.29 is 14.3 Å². The van der Waals surface area contributed by atoms with Crippen molar-refractivity contribution in [2.24, 2.45) is 11.7 Å². The molecular weight excluding hydrogens is 280 g/mol. The number of ether oxygens (including phenoxy) is 1. The number of esters is 1. The minimum atomic E-state index is -0.613. The zero-order chi connectivity index (χ0) is 15.0. The second-order valence-electron chi connectivity index (χ2n) is 5.57. The fourth-order valence-corrected chi connectivity index (χ4v) is 1.72. The molecule has 20 heavy (non-hydrogen) atoms. The first-order valence-corrected chi connectivity index (χ1v) is 7.04. The van der Waals surface area contributed by atoms with E-state index in [9.17, 15) is 9.59 Å². The van der Waals surface area contributed by atoms with Gasteiger partial charge in [0.2, 0.25) is 5.91 Å². The fraction of sp³-hybridized carbons (Fsp3) is 0.857. The van der Waals surface area contributed by atoms with Crippen LogP contribution >= 0.6 is 12.4 Å². The van der Waals surface area contributed by atoms with Gasteiger partial charge in [-0.2, -0.15) is 0 Å². The average molecular weight is 309 g/mol. The van der Waals surface area contributed by atoms with E-state index in [1.54, 1.807) is 13.8 Å². The molecular formula is C14H29ClN2O3. The zero-order valence-electron chi connectivity index (χ0n) is 13.1. The third-order valence-electron chi connectivity index (χ3n) is 2.60. The van der Waals surface area contributed by atoms with Crippen molar-refractivity contribution in [3.8, 4) is 0 Å². The maximum absolute atomic E-state index is 11.9. The summed E-state index contributed by atoms with van der Waals surface area (Å²) < 4.78 is 5.16. The standard InChI is InChI=1S/C14H28N2O3.ClH/c1-6-7-11(15)13(17)16-12(8-9(2)3)14(18)19-10(4)5;/h9-12H,6-8,15H2,1-5H3,(H,16,17);1H/t11?,12-;/m0./s1. The number of hydrogen-bond acceptors (Lipinski definition) is 4. The lowest BCUT2D eigenvalue weighted by atomic mass is 10.0. The van der Waals surface area contributed by atoms with Gasteiger partial charge in [-0.3, -0.25) is 4.79 Å². The summed E-state index contributed by atoms with van der Waals surface area (Å²) in [4.78, 5) is 23.8. The zero-order valence-corrected chi connectivity index (χ0v) is 14.0.